The van der Waals surface area contributed by atoms with Crippen molar-refractivity contribution in [1.29, 1.82) is 0 Å². The highest BCUT2D eigenvalue weighted by molar-refractivity contribution is 7.98. The van der Waals surface area contributed by atoms with Crippen molar-refractivity contribution in [2.24, 2.45) is 0 Å². The highest BCUT2D eigenvalue weighted by atomic mass is 32.2. The molecule has 0 aliphatic carbocycles. The molecule has 0 N–H and O–H groups in total. The number of para-hydroxylation sites is 2. The number of hydrogen-bond donors (Lipinski definition) is 0. The van der Waals surface area contributed by atoms with Crippen LogP contribution in [0.1, 0.15) is 29.8 Å². The van der Waals surface area contributed by atoms with E-state index in [1.54, 1.807) is 4.57 Å². The van der Waals surface area contributed by atoms with E-state index in [2.05, 4.69) is 20.3 Å². The first-order valence-corrected chi connectivity index (χ1v) is 11.0. The molecule has 0 bridgehead atoms. The van der Waals surface area contributed by atoms with Gasteiger partial charge in [-0.2, -0.15) is 4.98 Å². The maximum Gasteiger partial charge on any atom is 0.267 e. The Bertz CT molecular complexity index is 1460. The molecule has 0 amide bonds. The Kier molecular flexibility index (Phi) is 4.82. The van der Waals surface area contributed by atoms with E-state index in [0.717, 1.165) is 22.3 Å². The molecule has 0 saturated carbocycles. The van der Waals surface area contributed by atoms with Crippen molar-refractivity contribution in [2.75, 3.05) is 0 Å². The van der Waals surface area contributed by atoms with Gasteiger partial charge in [0, 0.05) is 6.42 Å². The average molecular weight is 433 g/mol. The molecule has 0 spiro atoms. The van der Waals surface area contributed by atoms with Gasteiger partial charge in [0.15, 0.2) is 11.0 Å². The minimum Gasteiger partial charge on any atom is -0.339 e. The number of nitrogens with zero attached hydrogens (tertiary/aromatic N) is 6. The van der Waals surface area contributed by atoms with E-state index in [9.17, 15) is 4.79 Å². The Morgan fingerprint density at radius 3 is 2.55 bits per heavy atom. The molecule has 0 atom stereocenters. The lowest BCUT2D eigenvalue weighted by molar-refractivity contribution is 0.378. The number of aromatic nitrogens is 6. The molecule has 0 aliphatic heterocycles. The Morgan fingerprint density at radius 1 is 1.03 bits per heavy atom. The van der Waals surface area contributed by atoms with Gasteiger partial charge in [-0.15, -0.1) is 10.2 Å². The van der Waals surface area contributed by atoms with Gasteiger partial charge in [-0.25, -0.2) is 4.57 Å². The Morgan fingerprint density at radius 2 is 1.81 bits per heavy atom. The van der Waals surface area contributed by atoms with E-state index in [1.807, 2.05) is 67.6 Å². The van der Waals surface area contributed by atoms with Crippen LogP contribution in [0.15, 0.2) is 56.9 Å². The summed E-state index contributed by atoms with van der Waals surface area (Å²) in [6, 6.07) is 13.5. The molecule has 0 saturated heterocycles. The lowest BCUT2D eigenvalue weighted by atomic mass is 10.1. The first kappa shape index (κ1) is 19.5. The van der Waals surface area contributed by atoms with Gasteiger partial charge in [0.1, 0.15) is 0 Å². The van der Waals surface area contributed by atoms with Crippen molar-refractivity contribution in [1.82, 2.24) is 29.3 Å². The second-order valence-corrected chi connectivity index (χ2v) is 8.21. The highest BCUT2D eigenvalue weighted by Gasteiger charge is 2.20. The van der Waals surface area contributed by atoms with Crippen LogP contribution in [0.2, 0.25) is 0 Å². The van der Waals surface area contributed by atoms with Gasteiger partial charge in [0.25, 0.3) is 5.56 Å². The van der Waals surface area contributed by atoms with E-state index in [4.69, 9.17) is 4.52 Å². The third kappa shape index (κ3) is 3.21. The zero-order chi connectivity index (χ0) is 21.5. The fraction of sp³-hybridized carbons (Fsp3) is 0.227. The average Bonchev–Trinajstić information content (AvgIpc) is 3.41. The van der Waals surface area contributed by atoms with Crippen molar-refractivity contribution in [3.63, 3.8) is 0 Å². The molecule has 5 rings (SSSR count). The predicted octanol–water partition coefficient (Wildman–Crippen LogP) is 3.89. The number of fused-ring (bicyclic) bond motifs is 3. The first-order valence-electron chi connectivity index (χ1n) is 9.98. The zero-order valence-electron chi connectivity index (χ0n) is 17.4. The van der Waals surface area contributed by atoms with Crippen molar-refractivity contribution in [3.8, 4) is 5.69 Å². The third-order valence-corrected chi connectivity index (χ3v) is 6.13. The summed E-state index contributed by atoms with van der Waals surface area (Å²) in [6.45, 7) is 5.96. The number of hydrogen-bond acceptors (Lipinski definition) is 7. The molecule has 156 valence electrons. The third-order valence-electron chi connectivity index (χ3n) is 5.20. The molecule has 0 unspecified atom stereocenters. The van der Waals surface area contributed by atoms with Gasteiger partial charge in [-0.05, 0) is 37.1 Å². The molecule has 0 fully saturated rings. The normalized spacial score (nSPS) is 11.6. The molecule has 8 nitrogen and oxygen atoms in total. The molecule has 9 heteroatoms. The summed E-state index contributed by atoms with van der Waals surface area (Å²) in [5, 5.41) is 14.1. The number of aryl methyl sites for hydroxylation is 3. The van der Waals surface area contributed by atoms with Crippen LogP contribution >= 0.6 is 11.8 Å². The van der Waals surface area contributed by atoms with Gasteiger partial charge in [-0.3, -0.25) is 9.20 Å². The summed E-state index contributed by atoms with van der Waals surface area (Å²) in [5.41, 5.74) is 3.47. The maximum atomic E-state index is 13.5. The molecule has 31 heavy (non-hydrogen) atoms. The van der Waals surface area contributed by atoms with Crippen LogP contribution in [0.3, 0.4) is 0 Å². The second kappa shape index (κ2) is 7.66. The van der Waals surface area contributed by atoms with Crippen LogP contribution in [0.4, 0.5) is 0 Å². The monoisotopic (exact) mass is 432 g/mol. The molecule has 0 radical (unpaired) electrons. The van der Waals surface area contributed by atoms with Gasteiger partial charge >= 0.3 is 0 Å². The van der Waals surface area contributed by atoms with Crippen molar-refractivity contribution in [3.05, 3.63) is 75.7 Å². The quantitative estimate of drug-likeness (QED) is 0.389. The van der Waals surface area contributed by atoms with Gasteiger partial charge < -0.3 is 4.52 Å². The summed E-state index contributed by atoms with van der Waals surface area (Å²) in [7, 11) is 0. The topological polar surface area (TPSA) is 91.1 Å². The van der Waals surface area contributed by atoms with Crippen LogP contribution in [0.25, 0.3) is 22.4 Å². The van der Waals surface area contributed by atoms with Crippen LogP contribution in [0.5, 0.6) is 0 Å². The van der Waals surface area contributed by atoms with E-state index < -0.39 is 0 Å². The number of benzene rings is 2. The van der Waals surface area contributed by atoms with Crippen molar-refractivity contribution >= 4 is 28.4 Å². The van der Waals surface area contributed by atoms with Crippen LogP contribution in [-0.4, -0.2) is 29.3 Å². The zero-order valence-corrected chi connectivity index (χ0v) is 18.2. The van der Waals surface area contributed by atoms with Gasteiger partial charge in [0.2, 0.25) is 11.7 Å². The minimum atomic E-state index is -0.116. The summed E-state index contributed by atoms with van der Waals surface area (Å²) in [5.74, 6) is 2.18. The largest absolute Gasteiger partial charge is 0.339 e. The van der Waals surface area contributed by atoms with E-state index >= 15 is 0 Å². The summed E-state index contributed by atoms with van der Waals surface area (Å²) < 4.78 is 8.78. The SMILES string of the molecule is CCc1nc(CSc2nnc3n(-c4c(C)cccc4C)c(=O)c4ccccc4n23)no1. The smallest absolute Gasteiger partial charge is 0.267 e. The van der Waals surface area contributed by atoms with Gasteiger partial charge in [0.05, 0.1) is 22.3 Å². The fourth-order valence-corrected chi connectivity index (χ4v) is 4.54. The molecular weight excluding hydrogens is 412 g/mol. The molecule has 2 aromatic carbocycles. The molecule has 0 aliphatic rings. The standard InChI is InChI=1S/C22H20N6O2S/c1-4-18-23-17(26-30-18)12-31-22-25-24-21-27(22)16-11-6-5-10-15(16)20(29)28(21)19-13(2)8-7-9-14(19)3/h5-11H,4,12H2,1-3H3. The minimum absolute atomic E-state index is 0.116. The molecule has 3 heterocycles. The van der Waals surface area contributed by atoms with E-state index in [1.165, 1.54) is 11.8 Å². The second-order valence-electron chi connectivity index (χ2n) is 7.26. The summed E-state index contributed by atoms with van der Waals surface area (Å²) in [6.07, 6.45) is 0.693. The molecule has 3 aromatic heterocycles. The van der Waals surface area contributed by atoms with Crippen molar-refractivity contribution < 1.29 is 4.52 Å². The Hall–Kier alpha value is -3.46. The lowest BCUT2D eigenvalue weighted by Gasteiger charge is -2.15. The first-order chi connectivity index (χ1) is 15.1. The Labute approximate surface area is 181 Å². The van der Waals surface area contributed by atoms with E-state index in [-0.39, 0.29) is 5.56 Å². The fourth-order valence-electron chi connectivity index (χ4n) is 3.75. The molecular formula is C22H20N6O2S. The highest BCUT2D eigenvalue weighted by Crippen LogP contribution is 2.26. The predicted molar refractivity (Wildman–Crippen MR) is 119 cm³/mol. The summed E-state index contributed by atoms with van der Waals surface area (Å²) in [4.78, 5) is 17.9. The lowest BCUT2D eigenvalue weighted by Crippen LogP contribution is -2.23. The number of thioether (sulfide) groups is 1. The molecule has 5 aromatic rings. The number of rotatable bonds is 5. The van der Waals surface area contributed by atoms with Crippen LogP contribution in [-0.2, 0) is 12.2 Å². The van der Waals surface area contributed by atoms with Crippen LogP contribution in [0, 0.1) is 13.8 Å². The van der Waals surface area contributed by atoms with Gasteiger partial charge in [-0.1, -0.05) is 54.2 Å². The summed E-state index contributed by atoms with van der Waals surface area (Å²) >= 11 is 1.46. The van der Waals surface area contributed by atoms with E-state index in [0.29, 0.717) is 40.2 Å². The maximum absolute atomic E-state index is 13.5. The van der Waals surface area contributed by atoms with Crippen molar-refractivity contribution in [2.45, 2.75) is 38.1 Å². The Balaban J connectivity index is 1.73. The van der Waals surface area contributed by atoms with Crippen LogP contribution < -0.4 is 5.56 Å².